The minimum atomic E-state index is -0.925. The van der Waals surface area contributed by atoms with E-state index in [0.717, 1.165) is 27.3 Å². The molecule has 0 spiro atoms. The number of nitrogens with one attached hydrogen (secondary N) is 1. The minimum absolute atomic E-state index is 0.0388. The number of aliphatic hydroxyl groups excluding tert-OH is 1. The van der Waals surface area contributed by atoms with Crippen LogP contribution in [0.2, 0.25) is 0 Å². The monoisotopic (exact) mass is 513 g/mol. The first kappa shape index (κ1) is 27.8. The Morgan fingerprint density at radius 1 is 1.33 bits per heavy atom. The predicted molar refractivity (Wildman–Crippen MR) is 141 cm³/mol. The summed E-state index contributed by atoms with van der Waals surface area (Å²) in [6.07, 6.45) is -0.661. The number of β-amino-alcohol motifs (C(OH)–C–C–N with tert-alkyl or cyclic N) is 1. The Balaban J connectivity index is 1.79. The quantitative estimate of drug-likeness (QED) is 0.436. The molecule has 1 saturated heterocycles. The smallest absolute Gasteiger partial charge is 0.248 e. The molecule has 1 aromatic carbocycles. The van der Waals surface area contributed by atoms with Crippen molar-refractivity contribution < 1.29 is 19.8 Å². The van der Waals surface area contributed by atoms with Crippen molar-refractivity contribution in [3.63, 3.8) is 0 Å². The Morgan fingerprint density at radius 3 is 2.58 bits per heavy atom. The van der Waals surface area contributed by atoms with Gasteiger partial charge in [0.1, 0.15) is 12.1 Å². The maximum absolute atomic E-state index is 13.4. The number of nitrogens with zero attached hydrogens (tertiary/aromatic N) is 3. The molecule has 36 heavy (non-hydrogen) atoms. The number of carbonyl (C=O) groups excluding carboxylic acids is 2. The second-order valence-corrected chi connectivity index (χ2v) is 11.7. The summed E-state index contributed by atoms with van der Waals surface area (Å²) in [6.45, 7) is 13.4. The highest BCUT2D eigenvalue weighted by atomic mass is 32.1. The Labute approximate surface area is 217 Å². The fourth-order valence-electron chi connectivity index (χ4n) is 4.58. The number of carbonyl (C=O) groups is 2. The van der Waals surface area contributed by atoms with Crippen LogP contribution in [0.1, 0.15) is 70.7 Å². The van der Waals surface area contributed by atoms with E-state index in [0.29, 0.717) is 6.54 Å². The summed E-state index contributed by atoms with van der Waals surface area (Å²) in [6, 6.07) is 4.48. The fraction of sp³-hybridized carbons (Fsp3) is 0.556. The van der Waals surface area contributed by atoms with Crippen LogP contribution in [0.4, 0.5) is 0 Å². The lowest BCUT2D eigenvalue weighted by molar-refractivity contribution is -0.216. The van der Waals surface area contributed by atoms with Crippen molar-refractivity contribution in [1.82, 2.24) is 15.2 Å². The van der Waals surface area contributed by atoms with Gasteiger partial charge < -0.3 is 20.4 Å². The number of aryl methyl sites for hydroxylation is 1. The van der Waals surface area contributed by atoms with E-state index in [4.69, 9.17) is 0 Å². The summed E-state index contributed by atoms with van der Waals surface area (Å²) in [4.78, 5) is 37.5. The second-order valence-electron chi connectivity index (χ2n) is 10.9. The zero-order chi connectivity index (χ0) is 26.8. The van der Waals surface area contributed by atoms with Gasteiger partial charge in [-0.3, -0.25) is 14.6 Å². The normalized spacial score (nSPS) is 19.6. The van der Waals surface area contributed by atoms with E-state index in [1.54, 1.807) is 11.3 Å². The van der Waals surface area contributed by atoms with Gasteiger partial charge in [-0.15, -0.1) is 11.3 Å². The number of hydrogen-bond donors (Lipinski definition) is 2. The van der Waals surface area contributed by atoms with E-state index in [9.17, 15) is 19.8 Å². The van der Waals surface area contributed by atoms with Gasteiger partial charge in [0.2, 0.25) is 11.8 Å². The van der Waals surface area contributed by atoms with Gasteiger partial charge in [0.25, 0.3) is 0 Å². The van der Waals surface area contributed by atoms with Gasteiger partial charge in [0.15, 0.2) is 0 Å². The third-order valence-electron chi connectivity index (χ3n) is 6.46. The average Bonchev–Trinajstić information content (AvgIpc) is 3.39. The van der Waals surface area contributed by atoms with E-state index in [2.05, 4.69) is 35.2 Å². The summed E-state index contributed by atoms with van der Waals surface area (Å²) < 4.78 is 0. The summed E-state index contributed by atoms with van der Waals surface area (Å²) in [5.74, 6) is -0.937. The minimum Gasteiger partial charge on any atom is -0.862 e. The van der Waals surface area contributed by atoms with Crippen LogP contribution in [0.5, 0.6) is 0 Å². The van der Waals surface area contributed by atoms with Crippen molar-refractivity contribution >= 4 is 29.0 Å². The van der Waals surface area contributed by atoms with Gasteiger partial charge in [-0.2, -0.15) is 0 Å². The molecule has 196 valence electrons. The third-order valence-corrected chi connectivity index (χ3v) is 7.44. The van der Waals surface area contributed by atoms with Gasteiger partial charge in [-0.25, -0.2) is 4.98 Å². The van der Waals surface area contributed by atoms with Gasteiger partial charge in [-0.1, -0.05) is 46.8 Å². The van der Waals surface area contributed by atoms with E-state index < -0.39 is 35.4 Å². The molecule has 2 N–H and O–H groups in total. The van der Waals surface area contributed by atoms with Crippen LogP contribution in [0.3, 0.4) is 0 Å². The van der Waals surface area contributed by atoms with Crippen LogP contribution in [0, 0.1) is 12.3 Å². The first-order chi connectivity index (χ1) is 16.8. The number of likely N-dealkylation sites (tertiary alicyclic amines) is 1. The van der Waals surface area contributed by atoms with Crippen LogP contribution in [0.15, 0.2) is 28.7 Å². The Bertz CT molecular complexity index is 1130. The summed E-state index contributed by atoms with van der Waals surface area (Å²) in [5.41, 5.74) is 5.46. The highest BCUT2D eigenvalue weighted by Crippen LogP contribution is 2.32. The Morgan fingerprint density at radius 2 is 2.03 bits per heavy atom. The SMILES string of the molecule is CC([O-])=N[C@H](C(=O)N1C[C@H](O)C[C@H]1C(=O)NCc1ccc(-c2scnc2C)cc1C(C)C)C(C)(C)C. The van der Waals surface area contributed by atoms with Crippen molar-refractivity contribution in [2.24, 2.45) is 10.4 Å². The number of hydrogen-bond acceptors (Lipinski definition) is 7. The standard InChI is InChI=1S/C27H38N4O4S/c1-15(2)21-10-18(23-16(3)29-14-36-23)8-9-19(21)12-28-25(34)22-11-20(33)13-31(22)26(35)24(27(5,6)7)30-17(4)32/h8-10,14-15,20,22,24,33H,11-13H2,1-7H3,(H,28,34)(H,30,32)/p-1/t20-,22+,24-/m1/s1. The number of aliphatic imine (C=N–C) groups is 1. The van der Waals surface area contributed by atoms with E-state index in [-0.39, 0.29) is 24.8 Å². The molecule has 1 aliphatic rings. The molecule has 1 aromatic heterocycles. The summed E-state index contributed by atoms with van der Waals surface area (Å²) >= 11 is 1.60. The van der Waals surface area contributed by atoms with Crippen molar-refractivity contribution in [1.29, 1.82) is 0 Å². The first-order valence-electron chi connectivity index (χ1n) is 12.3. The van der Waals surface area contributed by atoms with E-state index >= 15 is 0 Å². The molecule has 2 aromatic rings. The van der Waals surface area contributed by atoms with Gasteiger partial charge in [0.05, 0.1) is 22.2 Å². The summed E-state index contributed by atoms with van der Waals surface area (Å²) in [7, 11) is 0. The molecule has 0 aliphatic carbocycles. The fourth-order valence-corrected chi connectivity index (χ4v) is 5.38. The van der Waals surface area contributed by atoms with Crippen LogP contribution in [-0.2, 0) is 16.1 Å². The maximum Gasteiger partial charge on any atom is 0.248 e. The van der Waals surface area contributed by atoms with Gasteiger partial charge >= 0.3 is 0 Å². The zero-order valence-corrected chi connectivity index (χ0v) is 23.0. The number of thiazole rings is 1. The van der Waals surface area contributed by atoms with Crippen molar-refractivity contribution in [3.05, 3.63) is 40.5 Å². The number of amides is 2. The van der Waals surface area contributed by atoms with Crippen molar-refractivity contribution in [3.8, 4) is 10.4 Å². The summed E-state index contributed by atoms with van der Waals surface area (Å²) in [5, 5.41) is 25.0. The molecule has 0 bridgehead atoms. The van der Waals surface area contributed by atoms with Crippen LogP contribution < -0.4 is 10.4 Å². The lowest BCUT2D eigenvalue weighted by atomic mass is 9.86. The van der Waals surface area contributed by atoms with Crippen molar-refractivity contribution in [2.45, 2.75) is 85.5 Å². The number of rotatable bonds is 7. The second kappa shape index (κ2) is 11.1. The third kappa shape index (κ3) is 6.31. The van der Waals surface area contributed by atoms with E-state index in [1.807, 2.05) is 45.3 Å². The molecule has 9 heteroatoms. The highest BCUT2D eigenvalue weighted by Gasteiger charge is 2.43. The molecule has 2 amide bonds. The van der Waals surface area contributed by atoms with Gasteiger partial charge in [0, 0.05) is 19.5 Å². The molecule has 0 unspecified atom stereocenters. The molecule has 1 aliphatic heterocycles. The molecular formula is C27H37N4O4S-. The molecule has 3 rings (SSSR count). The molecule has 2 heterocycles. The van der Waals surface area contributed by atoms with Crippen LogP contribution in [0.25, 0.3) is 10.4 Å². The first-order valence-corrected chi connectivity index (χ1v) is 13.2. The predicted octanol–water partition coefficient (Wildman–Crippen LogP) is 3.01. The zero-order valence-electron chi connectivity index (χ0n) is 22.2. The number of aliphatic hydroxyl groups is 1. The van der Waals surface area contributed by atoms with Gasteiger partial charge in [-0.05, 0) is 53.8 Å². The van der Waals surface area contributed by atoms with Crippen LogP contribution >= 0.6 is 11.3 Å². The maximum atomic E-state index is 13.4. The topological polar surface area (TPSA) is 118 Å². The molecule has 3 atom stereocenters. The van der Waals surface area contributed by atoms with Crippen molar-refractivity contribution in [2.75, 3.05) is 6.54 Å². The molecule has 8 nitrogen and oxygen atoms in total. The number of aromatic nitrogens is 1. The molecule has 1 fully saturated rings. The number of benzene rings is 1. The lowest BCUT2D eigenvalue weighted by Crippen LogP contribution is -2.51. The van der Waals surface area contributed by atoms with E-state index in [1.165, 1.54) is 11.8 Å². The Hall–Kier alpha value is -2.78. The average molecular weight is 514 g/mol. The largest absolute Gasteiger partial charge is 0.862 e. The highest BCUT2D eigenvalue weighted by molar-refractivity contribution is 7.13. The Kier molecular flexibility index (Phi) is 8.56. The van der Waals surface area contributed by atoms with Crippen LogP contribution in [-0.4, -0.2) is 57.4 Å². The lowest BCUT2D eigenvalue weighted by Gasteiger charge is -2.33. The molecular weight excluding hydrogens is 476 g/mol. The molecule has 0 saturated carbocycles. The molecule has 0 radical (unpaired) electrons.